The molecule has 0 fully saturated rings. The second kappa shape index (κ2) is 3.72. The van der Waals surface area contributed by atoms with Gasteiger partial charge in [-0.15, -0.1) is 11.3 Å². The van der Waals surface area contributed by atoms with Crippen LogP contribution >= 0.6 is 23.1 Å². The van der Waals surface area contributed by atoms with Gasteiger partial charge in [-0.1, -0.05) is 0 Å². The average molecular weight is 250 g/mol. The van der Waals surface area contributed by atoms with Gasteiger partial charge in [0.15, 0.2) is 9.99 Å². The van der Waals surface area contributed by atoms with Crippen molar-refractivity contribution in [2.24, 2.45) is 0 Å². The normalized spacial score (nSPS) is 11.0. The number of thiazole rings is 1. The van der Waals surface area contributed by atoms with Crippen molar-refractivity contribution in [1.82, 2.24) is 24.9 Å². The molecule has 3 heterocycles. The van der Waals surface area contributed by atoms with E-state index in [1.54, 1.807) is 23.9 Å². The molecule has 0 aromatic carbocycles. The maximum Gasteiger partial charge on any atom is 0.223 e. The third-order valence-corrected chi connectivity index (χ3v) is 3.74. The summed E-state index contributed by atoms with van der Waals surface area (Å²) in [6, 6.07) is 0. The van der Waals surface area contributed by atoms with Crippen molar-refractivity contribution in [3.63, 3.8) is 0 Å². The van der Waals surface area contributed by atoms with E-state index in [0.29, 0.717) is 5.65 Å². The van der Waals surface area contributed by atoms with Gasteiger partial charge in [0, 0.05) is 11.6 Å². The fourth-order valence-corrected chi connectivity index (χ4v) is 2.87. The molecule has 80 valence electrons. The lowest BCUT2D eigenvalue weighted by atomic mass is 10.5. The lowest BCUT2D eigenvalue weighted by Crippen LogP contribution is -1.96. The first-order valence-electron chi connectivity index (χ1n) is 4.37. The number of nitrogens with two attached hydrogens (primary N) is 1. The maximum atomic E-state index is 5.61. The second-order valence-electron chi connectivity index (χ2n) is 2.89. The van der Waals surface area contributed by atoms with E-state index in [-0.39, 0.29) is 5.95 Å². The van der Waals surface area contributed by atoms with E-state index in [9.17, 15) is 0 Å². The first kappa shape index (κ1) is 9.55. The minimum absolute atomic E-state index is 0.221. The summed E-state index contributed by atoms with van der Waals surface area (Å²) >= 11 is 3.00. The van der Waals surface area contributed by atoms with E-state index in [2.05, 4.69) is 24.9 Å². The molecule has 0 aliphatic rings. The molecule has 0 spiro atoms. The first-order chi connectivity index (χ1) is 7.83. The van der Waals surface area contributed by atoms with E-state index >= 15 is 0 Å². The van der Waals surface area contributed by atoms with Gasteiger partial charge in [0.05, 0.1) is 6.33 Å². The highest BCUT2D eigenvalue weighted by Crippen LogP contribution is 2.31. The smallest absolute Gasteiger partial charge is 0.223 e. The number of aromatic amines is 1. The van der Waals surface area contributed by atoms with Gasteiger partial charge in [-0.2, -0.15) is 4.98 Å². The number of imidazole rings is 1. The number of H-pyrrole nitrogens is 1. The summed E-state index contributed by atoms with van der Waals surface area (Å²) in [5.74, 6) is 0.221. The molecule has 0 amide bonds. The number of anilines is 1. The van der Waals surface area contributed by atoms with Crippen molar-refractivity contribution < 1.29 is 0 Å². The summed E-state index contributed by atoms with van der Waals surface area (Å²) in [7, 11) is 0. The van der Waals surface area contributed by atoms with Crippen LogP contribution in [-0.2, 0) is 0 Å². The van der Waals surface area contributed by atoms with Crippen LogP contribution in [0, 0.1) is 0 Å². The van der Waals surface area contributed by atoms with Crippen molar-refractivity contribution in [3.8, 4) is 0 Å². The molecule has 3 rings (SSSR count). The summed E-state index contributed by atoms with van der Waals surface area (Å²) < 4.78 is 0.911. The number of rotatable bonds is 2. The lowest BCUT2D eigenvalue weighted by Gasteiger charge is -1.99. The highest BCUT2D eigenvalue weighted by molar-refractivity contribution is 8.01. The maximum absolute atomic E-state index is 5.61. The quantitative estimate of drug-likeness (QED) is 0.670. The zero-order valence-electron chi connectivity index (χ0n) is 7.91. The molecular weight excluding hydrogens is 244 g/mol. The number of aromatic nitrogens is 5. The molecule has 3 aromatic heterocycles. The van der Waals surface area contributed by atoms with Crippen LogP contribution in [-0.4, -0.2) is 24.9 Å². The van der Waals surface area contributed by atoms with Gasteiger partial charge in [0.2, 0.25) is 5.95 Å². The molecule has 0 saturated heterocycles. The first-order valence-corrected chi connectivity index (χ1v) is 6.06. The standard InChI is InChI=1S/C8H6N6S2/c9-7-13-5-4(11-3-12-5)6(14-7)16-8-10-1-2-15-8/h1-3H,(H3,9,11,12,13,14). The molecule has 6 nitrogen and oxygen atoms in total. The summed E-state index contributed by atoms with van der Waals surface area (Å²) in [5, 5.41) is 2.66. The molecule has 0 unspecified atom stereocenters. The van der Waals surface area contributed by atoms with Crippen molar-refractivity contribution in [1.29, 1.82) is 0 Å². The average Bonchev–Trinajstić information content (AvgIpc) is 2.87. The molecule has 3 aromatic rings. The third kappa shape index (κ3) is 1.61. The predicted octanol–water partition coefficient (Wildman–Crippen LogP) is 1.54. The number of nitrogen functional groups attached to an aromatic ring is 1. The summed E-state index contributed by atoms with van der Waals surface area (Å²) in [4.78, 5) is 19.4. The second-order valence-corrected chi connectivity index (χ2v) is 5.02. The molecule has 0 atom stereocenters. The van der Waals surface area contributed by atoms with Crippen molar-refractivity contribution >= 4 is 40.2 Å². The zero-order chi connectivity index (χ0) is 11.0. The van der Waals surface area contributed by atoms with Gasteiger partial charge in [0.25, 0.3) is 0 Å². The van der Waals surface area contributed by atoms with Crippen LogP contribution < -0.4 is 5.73 Å². The third-order valence-electron chi connectivity index (χ3n) is 1.86. The van der Waals surface area contributed by atoms with E-state index in [4.69, 9.17) is 5.73 Å². The Kier molecular flexibility index (Phi) is 2.22. The van der Waals surface area contributed by atoms with Crippen LogP contribution in [0.25, 0.3) is 11.2 Å². The lowest BCUT2D eigenvalue weighted by molar-refractivity contribution is 1.10. The Labute approximate surface area is 98.4 Å². The van der Waals surface area contributed by atoms with Crippen LogP contribution in [0.5, 0.6) is 0 Å². The fraction of sp³-hybridized carbons (Fsp3) is 0. The van der Waals surface area contributed by atoms with E-state index < -0.39 is 0 Å². The number of hydrogen-bond acceptors (Lipinski definition) is 7. The number of fused-ring (bicyclic) bond motifs is 1. The van der Waals surface area contributed by atoms with Crippen molar-refractivity contribution in [3.05, 3.63) is 17.9 Å². The van der Waals surface area contributed by atoms with Crippen molar-refractivity contribution in [2.75, 3.05) is 5.73 Å². The molecule has 0 radical (unpaired) electrons. The monoisotopic (exact) mass is 250 g/mol. The Morgan fingerprint density at radius 3 is 3.06 bits per heavy atom. The van der Waals surface area contributed by atoms with Gasteiger partial charge in [-0.25, -0.2) is 15.0 Å². The largest absolute Gasteiger partial charge is 0.368 e. The van der Waals surface area contributed by atoms with Crippen LogP contribution in [0.1, 0.15) is 0 Å². The highest BCUT2D eigenvalue weighted by atomic mass is 32.2. The van der Waals surface area contributed by atoms with E-state index in [1.165, 1.54) is 11.8 Å². The Hall–Kier alpha value is -1.67. The van der Waals surface area contributed by atoms with Gasteiger partial charge >= 0.3 is 0 Å². The summed E-state index contributed by atoms with van der Waals surface area (Å²) in [5.41, 5.74) is 6.97. The SMILES string of the molecule is Nc1nc(Sc2nccs2)c2[nH]cnc2n1. The molecule has 3 N–H and O–H groups in total. The number of nitrogens with one attached hydrogen (secondary N) is 1. The van der Waals surface area contributed by atoms with Crippen LogP contribution in [0.4, 0.5) is 5.95 Å². The Morgan fingerprint density at radius 1 is 1.31 bits per heavy atom. The molecule has 0 saturated carbocycles. The Morgan fingerprint density at radius 2 is 2.25 bits per heavy atom. The minimum Gasteiger partial charge on any atom is -0.368 e. The van der Waals surface area contributed by atoms with Crippen LogP contribution in [0.2, 0.25) is 0 Å². The molecular formula is C8H6N6S2. The molecule has 0 aliphatic heterocycles. The summed E-state index contributed by atoms with van der Waals surface area (Å²) in [6.45, 7) is 0. The zero-order valence-corrected chi connectivity index (χ0v) is 9.55. The molecule has 16 heavy (non-hydrogen) atoms. The minimum atomic E-state index is 0.221. The van der Waals surface area contributed by atoms with Crippen LogP contribution in [0.3, 0.4) is 0 Å². The summed E-state index contributed by atoms with van der Waals surface area (Å²) in [6.07, 6.45) is 3.33. The van der Waals surface area contributed by atoms with Gasteiger partial charge in [-0.05, 0) is 11.8 Å². The predicted molar refractivity (Wildman–Crippen MR) is 62.3 cm³/mol. The number of hydrogen-bond donors (Lipinski definition) is 2. The molecule has 0 bridgehead atoms. The highest BCUT2D eigenvalue weighted by Gasteiger charge is 2.10. The molecule has 8 heteroatoms. The fourth-order valence-electron chi connectivity index (χ4n) is 1.24. The van der Waals surface area contributed by atoms with Gasteiger partial charge in [-0.3, -0.25) is 0 Å². The van der Waals surface area contributed by atoms with Crippen molar-refractivity contribution in [2.45, 2.75) is 9.37 Å². The van der Waals surface area contributed by atoms with Gasteiger partial charge < -0.3 is 10.7 Å². The molecule has 0 aliphatic carbocycles. The topological polar surface area (TPSA) is 93.4 Å². The van der Waals surface area contributed by atoms with Gasteiger partial charge in [0.1, 0.15) is 10.5 Å². The number of nitrogens with zero attached hydrogens (tertiary/aromatic N) is 4. The Balaban J connectivity index is 2.11. The van der Waals surface area contributed by atoms with E-state index in [0.717, 1.165) is 14.9 Å². The van der Waals surface area contributed by atoms with E-state index in [1.807, 2.05) is 5.38 Å². The van der Waals surface area contributed by atoms with Crippen LogP contribution in [0.15, 0.2) is 27.3 Å². The Bertz CT molecular complexity index is 617.